The minimum Gasteiger partial charge on any atom is -0.303 e. The summed E-state index contributed by atoms with van der Waals surface area (Å²) in [6.45, 7) is 0.608. The Labute approximate surface area is 148 Å². The fourth-order valence-corrected chi connectivity index (χ4v) is 3.69. The van der Waals surface area contributed by atoms with Crippen LogP contribution in [0.5, 0.6) is 0 Å². The molecule has 0 saturated heterocycles. The lowest BCUT2D eigenvalue weighted by Gasteiger charge is -2.31. The Balaban J connectivity index is 1.86. The van der Waals surface area contributed by atoms with Gasteiger partial charge in [-0.25, -0.2) is 0 Å². The summed E-state index contributed by atoms with van der Waals surface area (Å²) in [5.41, 5.74) is 5.26. The van der Waals surface area contributed by atoms with Crippen molar-refractivity contribution in [2.24, 2.45) is 0 Å². The van der Waals surface area contributed by atoms with Gasteiger partial charge in [0.1, 0.15) is 0 Å². The molecule has 3 aromatic rings. The first kappa shape index (κ1) is 14.5. The van der Waals surface area contributed by atoms with Crippen LogP contribution in [-0.2, 0) is 6.54 Å². The van der Waals surface area contributed by atoms with Crippen molar-refractivity contribution in [2.45, 2.75) is 6.54 Å². The second kappa shape index (κ2) is 5.81. The van der Waals surface area contributed by atoms with Crippen molar-refractivity contribution in [2.75, 3.05) is 4.90 Å². The van der Waals surface area contributed by atoms with Crippen molar-refractivity contribution in [1.82, 2.24) is 0 Å². The highest BCUT2D eigenvalue weighted by Crippen LogP contribution is 2.39. The maximum atomic E-state index is 13.1. The first-order chi connectivity index (χ1) is 11.3. The number of amides is 1. The van der Waals surface area contributed by atoms with Gasteiger partial charge in [0.05, 0.1) is 17.8 Å². The van der Waals surface area contributed by atoms with E-state index in [1.54, 1.807) is 0 Å². The number of carbonyl (C=O) groups excluding carboxylic acids is 1. The van der Waals surface area contributed by atoms with E-state index < -0.39 is 0 Å². The second-order valence-corrected chi connectivity index (χ2v) is 6.71. The number of anilines is 1. The van der Waals surface area contributed by atoms with E-state index in [9.17, 15) is 4.79 Å². The molecule has 3 heteroatoms. The standard InChI is InChI=1S/C20H14INO/c21-18-11-5-3-10-17(18)20(23)22-13-14-7-1-2-8-15(14)16-9-4-6-12-19(16)22/h1-12H,13H2. The molecule has 1 heterocycles. The number of nitrogens with zero attached hydrogens (tertiary/aromatic N) is 1. The summed E-state index contributed by atoms with van der Waals surface area (Å²) >= 11 is 2.22. The fraction of sp³-hybridized carbons (Fsp3) is 0.0500. The van der Waals surface area contributed by atoms with Crippen molar-refractivity contribution in [3.63, 3.8) is 0 Å². The van der Waals surface area contributed by atoms with E-state index in [-0.39, 0.29) is 5.91 Å². The summed E-state index contributed by atoms with van der Waals surface area (Å²) in [6, 6.07) is 24.2. The monoisotopic (exact) mass is 411 g/mol. The van der Waals surface area contributed by atoms with Gasteiger partial charge in [0, 0.05) is 9.13 Å². The third-order valence-corrected chi connectivity index (χ3v) is 5.12. The molecular weight excluding hydrogens is 397 g/mol. The maximum absolute atomic E-state index is 13.1. The average molecular weight is 411 g/mol. The lowest BCUT2D eigenvalue weighted by Crippen LogP contribution is -2.33. The number of rotatable bonds is 1. The number of hydrogen-bond acceptors (Lipinski definition) is 1. The van der Waals surface area contributed by atoms with Crippen LogP contribution < -0.4 is 4.90 Å². The van der Waals surface area contributed by atoms with Crippen molar-refractivity contribution in [3.05, 3.63) is 87.5 Å². The lowest BCUT2D eigenvalue weighted by atomic mass is 9.93. The van der Waals surface area contributed by atoms with Gasteiger partial charge in [0.15, 0.2) is 0 Å². The number of fused-ring (bicyclic) bond motifs is 3. The highest BCUT2D eigenvalue weighted by molar-refractivity contribution is 14.1. The predicted octanol–water partition coefficient (Wildman–Crippen LogP) is 5.12. The minimum absolute atomic E-state index is 0.0527. The van der Waals surface area contributed by atoms with E-state index in [1.807, 2.05) is 59.5 Å². The molecule has 0 fully saturated rings. The van der Waals surface area contributed by atoms with Gasteiger partial charge < -0.3 is 4.90 Å². The molecule has 0 N–H and O–H groups in total. The van der Waals surface area contributed by atoms with Crippen molar-refractivity contribution < 1.29 is 4.79 Å². The first-order valence-electron chi connectivity index (χ1n) is 7.49. The van der Waals surface area contributed by atoms with Gasteiger partial charge in [-0.1, -0.05) is 54.6 Å². The summed E-state index contributed by atoms with van der Waals surface area (Å²) in [5, 5.41) is 0. The molecule has 0 aliphatic carbocycles. The Morgan fingerprint density at radius 1 is 0.826 bits per heavy atom. The topological polar surface area (TPSA) is 20.3 Å². The molecule has 0 spiro atoms. The molecule has 0 atom stereocenters. The van der Waals surface area contributed by atoms with Crippen LogP contribution in [0.15, 0.2) is 72.8 Å². The van der Waals surface area contributed by atoms with Crippen molar-refractivity contribution in [1.29, 1.82) is 0 Å². The summed E-state index contributed by atoms with van der Waals surface area (Å²) < 4.78 is 0.978. The van der Waals surface area contributed by atoms with Gasteiger partial charge in [-0.2, -0.15) is 0 Å². The normalized spacial score (nSPS) is 12.5. The van der Waals surface area contributed by atoms with Crippen LogP contribution in [-0.4, -0.2) is 5.91 Å². The summed E-state index contributed by atoms with van der Waals surface area (Å²) in [4.78, 5) is 15.0. The molecule has 1 amide bonds. The molecule has 0 aromatic heterocycles. The van der Waals surface area contributed by atoms with E-state index in [0.717, 1.165) is 20.4 Å². The first-order valence-corrected chi connectivity index (χ1v) is 8.57. The second-order valence-electron chi connectivity index (χ2n) is 5.55. The number of halogens is 1. The van der Waals surface area contributed by atoms with Gasteiger partial charge in [-0.15, -0.1) is 0 Å². The molecule has 0 unspecified atom stereocenters. The van der Waals surface area contributed by atoms with Crippen LogP contribution in [0, 0.1) is 3.57 Å². The molecule has 4 rings (SSSR count). The molecule has 1 aliphatic heterocycles. The molecule has 2 nitrogen and oxygen atoms in total. The number of para-hydroxylation sites is 1. The molecule has 23 heavy (non-hydrogen) atoms. The predicted molar refractivity (Wildman–Crippen MR) is 102 cm³/mol. The fourth-order valence-electron chi connectivity index (χ4n) is 3.07. The van der Waals surface area contributed by atoms with E-state index >= 15 is 0 Å². The van der Waals surface area contributed by atoms with Crippen molar-refractivity contribution in [3.8, 4) is 11.1 Å². The van der Waals surface area contributed by atoms with Crippen LogP contribution in [0.4, 0.5) is 5.69 Å². The van der Waals surface area contributed by atoms with Gasteiger partial charge >= 0.3 is 0 Å². The zero-order valence-electron chi connectivity index (χ0n) is 12.4. The Kier molecular flexibility index (Phi) is 3.65. The molecule has 112 valence electrons. The SMILES string of the molecule is O=C(c1ccccc1I)N1Cc2ccccc2-c2ccccc21. The lowest BCUT2D eigenvalue weighted by molar-refractivity contribution is 0.0984. The highest BCUT2D eigenvalue weighted by Gasteiger charge is 2.27. The van der Waals surface area contributed by atoms with Crippen LogP contribution in [0.3, 0.4) is 0 Å². The van der Waals surface area contributed by atoms with Crippen LogP contribution >= 0.6 is 22.6 Å². The number of benzene rings is 3. The third kappa shape index (κ3) is 2.45. The molecule has 1 aliphatic rings. The summed E-state index contributed by atoms with van der Waals surface area (Å²) in [5.74, 6) is 0.0527. The number of hydrogen-bond donors (Lipinski definition) is 0. The third-order valence-electron chi connectivity index (χ3n) is 4.18. The van der Waals surface area contributed by atoms with E-state index in [0.29, 0.717) is 6.54 Å². The minimum atomic E-state index is 0.0527. The van der Waals surface area contributed by atoms with Gasteiger partial charge in [0.2, 0.25) is 0 Å². The summed E-state index contributed by atoms with van der Waals surface area (Å²) in [6.07, 6.45) is 0. The van der Waals surface area contributed by atoms with Gasteiger partial charge in [0.25, 0.3) is 5.91 Å². The van der Waals surface area contributed by atoms with E-state index in [1.165, 1.54) is 11.1 Å². The zero-order valence-corrected chi connectivity index (χ0v) is 14.5. The number of carbonyl (C=O) groups is 1. The Bertz CT molecular complexity index is 903. The molecule has 0 saturated carbocycles. The zero-order chi connectivity index (χ0) is 15.8. The highest BCUT2D eigenvalue weighted by atomic mass is 127. The van der Waals surface area contributed by atoms with Crippen LogP contribution in [0.2, 0.25) is 0 Å². The van der Waals surface area contributed by atoms with E-state index in [4.69, 9.17) is 0 Å². The summed E-state index contributed by atoms with van der Waals surface area (Å²) in [7, 11) is 0. The molecular formula is C20H14INO. The molecule has 0 radical (unpaired) electrons. The van der Waals surface area contributed by atoms with Gasteiger partial charge in [-0.05, 0) is 51.9 Å². The Morgan fingerprint density at radius 3 is 2.30 bits per heavy atom. The van der Waals surface area contributed by atoms with Crippen molar-refractivity contribution >= 4 is 34.2 Å². The Morgan fingerprint density at radius 2 is 1.48 bits per heavy atom. The largest absolute Gasteiger partial charge is 0.303 e. The smallest absolute Gasteiger partial charge is 0.259 e. The molecule has 0 bridgehead atoms. The van der Waals surface area contributed by atoms with Crippen LogP contribution in [0.25, 0.3) is 11.1 Å². The van der Waals surface area contributed by atoms with Crippen LogP contribution in [0.1, 0.15) is 15.9 Å². The quantitative estimate of drug-likeness (QED) is 0.509. The van der Waals surface area contributed by atoms with E-state index in [2.05, 4.69) is 40.8 Å². The average Bonchev–Trinajstić information content (AvgIpc) is 2.61. The maximum Gasteiger partial charge on any atom is 0.259 e. The molecule has 3 aromatic carbocycles. The Hall–Kier alpha value is -2.14. The van der Waals surface area contributed by atoms with Gasteiger partial charge in [-0.3, -0.25) is 4.79 Å².